The van der Waals surface area contributed by atoms with Crippen molar-refractivity contribution in [1.29, 1.82) is 0 Å². The van der Waals surface area contributed by atoms with Crippen molar-refractivity contribution in [2.45, 2.75) is 32.2 Å². The lowest BCUT2D eigenvalue weighted by Gasteiger charge is -2.10. The third-order valence-electron chi connectivity index (χ3n) is 2.34. The monoisotopic (exact) mass is 189 g/mol. The Balaban J connectivity index is 2.76. The van der Waals surface area contributed by atoms with Crippen LogP contribution in [0.2, 0.25) is 0 Å². The molecule has 0 aromatic heterocycles. The van der Waals surface area contributed by atoms with Crippen LogP contribution in [0.1, 0.15) is 36.9 Å². The van der Waals surface area contributed by atoms with E-state index in [-0.39, 0.29) is 6.04 Å². The van der Waals surface area contributed by atoms with Gasteiger partial charge in [-0.25, -0.2) is 0 Å². The lowest BCUT2D eigenvalue weighted by atomic mass is 10.0. The molecule has 0 aliphatic heterocycles. The van der Waals surface area contributed by atoms with Gasteiger partial charge in [0.15, 0.2) is 0 Å². The first-order valence-electron chi connectivity index (χ1n) is 5.23. The summed E-state index contributed by atoms with van der Waals surface area (Å²) < 4.78 is 0. The predicted molar refractivity (Wildman–Crippen MR) is 62.2 cm³/mol. The van der Waals surface area contributed by atoms with Crippen LogP contribution in [0.4, 0.5) is 0 Å². The van der Waals surface area contributed by atoms with Gasteiger partial charge in [-0.2, -0.15) is 0 Å². The lowest BCUT2D eigenvalue weighted by Crippen LogP contribution is -2.09. The molecule has 1 unspecified atom stereocenters. The molecule has 2 N–H and O–H groups in total. The minimum Gasteiger partial charge on any atom is -0.324 e. The van der Waals surface area contributed by atoms with Crippen molar-refractivity contribution in [3.8, 4) is 0 Å². The highest BCUT2D eigenvalue weighted by Gasteiger charge is 2.03. The highest BCUT2D eigenvalue weighted by atomic mass is 14.6. The van der Waals surface area contributed by atoms with Crippen LogP contribution in [0.25, 0.3) is 0 Å². The minimum atomic E-state index is 0.101. The van der Waals surface area contributed by atoms with E-state index >= 15 is 0 Å². The normalized spacial score (nSPS) is 12.4. The number of aryl methyl sites for hydroxylation is 1. The Bertz CT molecular complexity index is 291. The van der Waals surface area contributed by atoms with E-state index < -0.39 is 0 Å². The van der Waals surface area contributed by atoms with Crippen LogP contribution >= 0.6 is 0 Å². The molecule has 76 valence electrons. The van der Waals surface area contributed by atoms with Gasteiger partial charge in [-0.05, 0) is 24.0 Å². The molecule has 0 fully saturated rings. The van der Waals surface area contributed by atoms with E-state index in [1.54, 1.807) is 0 Å². The van der Waals surface area contributed by atoms with E-state index in [9.17, 15) is 0 Å². The molecule has 0 heterocycles. The van der Waals surface area contributed by atoms with E-state index in [1.165, 1.54) is 17.5 Å². The van der Waals surface area contributed by atoms with E-state index in [4.69, 9.17) is 5.73 Å². The predicted octanol–water partition coefficient (Wildman–Crippen LogP) is 3.22. The van der Waals surface area contributed by atoms with Crippen LogP contribution in [0, 0.1) is 0 Å². The lowest BCUT2D eigenvalue weighted by molar-refractivity contribution is 0.739. The Morgan fingerprint density at radius 1 is 1.50 bits per heavy atom. The quantitative estimate of drug-likeness (QED) is 0.707. The van der Waals surface area contributed by atoms with Gasteiger partial charge < -0.3 is 5.73 Å². The Hall–Kier alpha value is -1.08. The van der Waals surface area contributed by atoms with Crippen molar-refractivity contribution in [3.05, 3.63) is 48.0 Å². The van der Waals surface area contributed by atoms with Crippen molar-refractivity contribution < 1.29 is 0 Å². The molecule has 14 heavy (non-hydrogen) atoms. The van der Waals surface area contributed by atoms with Crippen molar-refractivity contribution in [3.63, 3.8) is 0 Å². The molecule has 1 heteroatoms. The van der Waals surface area contributed by atoms with Gasteiger partial charge in [0.25, 0.3) is 0 Å². The zero-order valence-electron chi connectivity index (χ0n) is 8.87. The SMILES string of the molecule is C=CCC(N)c1cccc(CCC)c1. The minimum absolute atomic E-state index is 0.101. The standard InChI is InChI=1S/C13H19N/c1-3-6-11-8-5-9-12(10-11)13(14)7-4-2/h4-5,8-10,13H,2-3,6-7,14H2,1H3. The van der Waals surface area contributed by atoms with E-state index in [2.05, 4.69) is 37.8 Å². The van der Waals surface area contributed by atoms with Crippen molar-refractivity contribution in [2.75, 3.05) is 0 Å². The molecule has 0 amide bonds. The molecule has 0 saturated carbocycles. The van der Waals surface area contributed by atoms with Crippen molar-refractivity contribution >= 4 is 0 Å². The van der Waals surface area contributed by atoms with Crippen LogP contribution in [0.5, 0.6) is 0 Å². The third-order valence-corrected chi connectivity index (χ3v) is 2.34. The van der Waals surface area contributed by atoms with Crippen LogP contribution < -0.4 is 5.73 Å². The summed E-state index contributed by atoms with van der Waals surface area (Å²) in [6.07, 6.45) is 5.03. The molecular formula is C13H19N. The average molecular weight is 189 g/mol. The second-order valence-corrected chi connectivity index (χ2v) is 3.63. The smallest absolute Gasteiger partial charge is 0.0329 e. The van der Waals surface area contributed by atoms with Gasteiger partial charge in [0.1, 0.15) is 0 Å². The third kappa shape index (κ3) is 3.00. The largest absolute Gasteiger partial charge is 0.324 e. The summed E-state index contributed by atoms with van der Waals surface area (Å²) in [6.45, 7) is 5.90. The molecule has 1 aromatic rings. The second-order valence-electron chi connectivity index (χ2n) is 3.63. The number of rotatable bonds is 5. The number of hydrogen-bond donors (Lipinski definition) is 1. The molecule has 0 radical (unpaired) electrons. The maximum absolute atomic E-state index is 6.00. The first-order chi connectivity index (χ1) is 6.77. The number of hydrogen-bond acceptors (Lipinski definition) is 1. The Kier molecular flexibility index (Phi) is 4.41. The zero-order chi connectivity index (χ0) is 10.4. The summed E-state index contributed by atoms with van der Waals surface area (Å²) in [7, 11) is 0. The first kappa shape index (κ1) is 11.0. The highest BCUT2D eigenvalue weighted by molar-refractivity contribution is 5.26. The van der Waals surface area contributed by atoms with Gasteiger partial charge in [0.05, 0.1) is 0 Å². The summed E-state index contributed by atoms with van der Waals surface area (Å²) in [4.78, 5) is 0. The fourth-order valence-electron chi connectivity index (χ4n) is 1.58. The summed E-state index contributed by atoms with van der Waals surface area (Å²) in [5, 5.41) is 0. The molecular weight excluding hydrogens is 170 g/mol. The molecule has 1 rings (SSSR count). The maximum atomic E-state index is 6.00. The first-order valence-corrected chi connectivity index (χ1v) is 5.23. The maximum Gasteiger partial charge on any atom is 0.0329 e. The van der Waals surface area contributed by atoms with Gasteiger partial charge in [0.2, 0.25) is 0 Å². The van der Waals surface area contributed by atoms with Crippen LogP contribution in [0.3, 0.4) is 0 Å². The van der Waals surface area contributed by atoms with Gasteiger partial charge in [-0.15, -0.1) is 6.58 Å². The molecule has 0 aliphatic rings. The van der Waals surface area contributed by atoms with Crippen molar-refractivity contribution in [1.82, 2.24) is 0 Å². The Morgan fingerprint density at radius 3 is 2.93 bits per heavy atom. The van der Waals surface area contributed by atoms with Crippen LogP contribution in [-0.4, -0.2) is 0 Å². The van der Waals surface area contributed by atoms with Gasteiger partial charge in [0, 0.05) is 6.04 Å². The second kappa shape index (κ2) is 5.61. The molecule has 1 aromatic carbocycles. The van der Waals surface area contributed by atoms with Crippen LogP contribution in [0.15, 0.2) is 36.9 Å². The molecule has 0 bridgehead atoms. The fraction of sp³-hybridized carbons (Fsp3) is 0.385. The van der Waals surface area contributed by atoms with E-state index in [0.29, 0.717) is 0 Å². The van der Waals surface area contributed by atoms with Crippen molar-refractivity contribution in [2.24, 2.45) is 5.73 Å². The summed E-state index contributed by atoms with van der Waals surface area (Å²) in [5.74, 6) is 0. The number of nitrogens with two attached hydrogens (primary N) is 1. The summed E-state index contributed by atoms with van der Waals surface area (Å²) in [5.41, 5.74) is 8.60. The van der Waals surface area contributed by atoms with Gasteiger partial charge in [-0.1, -0.05) is 43.7 Å². The van der Waals surface area contributed by atoms with Gasteiger partial charge in [-0.3, -0.25) is 0 Å². The summed E-state index contributed by atoms with van der Waals surface area (Å²) >= 11 is 0. The Labute approximate surface area is 86.6 Å². The fourth-order valence-corrected chi connectivity index (χ4v) is 1.58. The molecule has 0 aliphatic carbocycles. The Morgan fingerprint density at radius 2 is 2.29 bits per heavy atom. The average Bonchev–Trinajstić information content (AvgIpc) is 2.19. The van der Waals surface area contributed by atoms with Crippen LogP contribution in [-0.2, 0) is 6.42 Å². The zero-order valence-corrected chi connectivity index (χ0v) is 8.87. The van der Waals surface area contributed by atoms with Gasteiger partial charge >= 0.3 is 0 Å². The van der Waals surface area contributed by atoms with E-state index in [1.807, 2.05) is 6.08 Å². The molecule has 1 atom stereocenters. The topological polar surface area (TPSA) is 26.0 Å². The molecule has 0 saturated heterocycles. The highest BCUT2D eigenvalue weighted by Crippen LogP contribution is 2.16. The molecule has 0 spiro atoms. The molecule has 1 nitrogen and oxygen atoms in total. The number of benzene rings is 1. The van der Waals surface area contributed by atoms with E-state index in [0.717, 1.165) is 12.8 Å². The summed E-state index contributed by atoms with van der Waals surface area (Å²) in [6, 6.07) is 8.64.